The molecule has 7 heteroatoms. The van der Waals surface area contributed by atoms with E-state index in [4.69, 9.17) is 9.47 Å². The van der Waals surface area contributed by atoms with Gasteiger partial charge in [0.15, 0.2) is 6.61 Å². The molecule has 0 saturated heterocycles. The largest absolute Gasteiger partial charge is 0.507 e. The number of fused-ring (bicyclic) bond motifs is 2. The molecule has 4 rings (SSSR count). The summed E-state index contributed by atoms with van der Waals surface area (Å²) in [4.78, 5) is 39.0. The average Bonchev–Trinajstić information content (AvgIpc) is 2.80. The standard InChI is InChI=1S/C24H21NO6/c1-30-24(29)20-11-16-7-4-5-9-18(16)13-25(20)22(27)14-31-23(28)19-10-15-6-2-3-8-17(15)12-21(19)26/h2-10,12,20,26H,11,13-14H2,1H3/t20-/m1/s1. The highest BCUT2D eigenvalue weighted by Gasteiger charge is 2.35. The van der Waals surface area contributed by atoms with E-state index in [1.54, 1.807) is 0 Å². The van der Waals surface area contributed by atoms with Gasteiger partial charge in [-0.1, -0.05) is 48.5 Å². The zero-order chi connectivity index (χ0) is 22.0. The number of carbonyl (C=O) groups excluding carboxylic acids is 3. The number of aromatic hydroxyl groups is 1. The van der Waals surface area contributed by atoms with Gasteiger partial charge in [-0.25, -0.2) is 9.59 Å². The molecule has 1 N–H and O–H groups in total. The molecule has 1 atom stereocenters. The quantitative estimate of drug-likeness (QED) is 0.654. The summed E-state index contributed by atoms with van der Waals surface area (Å²) in [5, 5.41) is 11.7. The first-order valence-electron chi connectivity index (χ1n) is 9.81. The molecule has 0 aliphatic carbocycles. The Morgan fingerprint density at radius 2 is 1.65 bits per heavy atom. The second-order valence-electron chi connectivity index (χ2n) is 7.33. The van der Waals surface area contributed by atoms with E-state index in [1.807, 2.05) is 48.5 Å². The van der Waals surface area contributed by atoms with Gasteiger partial charge in [-0.2, -0.15) is 0 Å². The van der Waals surface area contributed by atoms with Crippen molar-refractivity contribution >= 4 is 28.6 Å². The molecule has 3 aromatic rings. The molecule has 7 nitrogen and oxygen atoms in total. The minimum absolute atomic E-state index is 0.0278. The van der Waals surface area contributed by atoms with Gasteiger partial charge in [-0.15, -0.1) is 0 Å². The van der Waals surface area contributed by atoms with E-state index in [2.05, 4.69) is 0 Å². The highest BCUT2D eigenvalue weighted by atomic mass is 16.5. The molecule has 0 saturated carbocycles. The van der Waals surface area contributed by atoms with Gasteiger partial charge < -0.3 is 19.5 Å². The van der Waals surface area contributed by atoms with Crippen LogP contribution >= 0.6 is 0 Å². The SMILES string of the molecule is COC(=O)[C@H]1Cc2ccccc2CN1C(=O)COC(=O)c1cc2ccccc2cc1O. The number of rotatable bonds is 4. The van der Waals surface area contributed by atoms with Gasteiger partial charge in [-0.05, 0) is 34.0 Å². The van der Waals surface area contributed by atoms with Crippen LogP contribution < -0.4 is 0 Å². The number of ether oxygens (including phenoxy) is 2. The highest BCUT2D eigenvalue weighted by Crippen LogP contribution is 2.27. The Hall–Kier alpha value is -3.87. The summed E-state index contributed by atoms with van der Waals surface area (Å²) in [7, 11) is 1.27. The molecule has 31 heavy (non-hydrogen) atoms. The van der Waals surface area contributed by atoms with E-state index in [0.717, 1.165) is 21.9 Å². The number of amides is 1. The van der Waals surface area contributed by atoms with E-state index in [9.17, 15) is 19.5 Å². The second-order valence-corrected chi connectivity index (χ2v) is 7.33. The first-order valence-corrected chi connectivity index (χ1v) is 9.81. The third kappa shape index (κ3) is 4.07. The zero-order valence-corrected chi connectivity index (χ0v) is 16.9. The minimum atomic E-state index is -0.816. The van der Waals surface area contributed by atoms with Crippen LogP contribution in [-0.2, 0) is 32.0 Å². The molecule has 158 valence electrons. The van der Waals surface area contributed by atoms with Gasteiger partial charge in [0.2, 0.25) is 0 Å². The van der Waals surface area contributed by atoms with E-state index >= 15 is 0 Å². The highest BCUT2D eigenvalue weighted by molar-refractivity contribution is 5.99. The van der Waals surface area contributed by atoms with Crippen LogP contribution in [0.15, 0.2) is 60.7 Å². The van der Waals surface area contributed by atoms with Crippen molar-refractivity contribution in [2.24, 2.45) is 0 Å². The summed E-state index contributed by atoms with van der Waals surface area (Å²) in [5.74, 6) is -2.08. The molecule has 1 aliphatic heterocycles. The van der Waals surface area contributed by atoms with Crippen LogP contribution in [0.1, 0.15) is 21.5 Å². The lowest BCUT2D eigenvalue weighted by molar-refractivity contribution is -0.155. The number of benzene rings is 3. The van der Waals surface area contributed by atoms with E-state index in [-0.39, 0.29) is 17.9 Å². The number of phenols is 1. The van der Waals surface area contributed by atoms with Crippen LogP contribution in [0, 0.1) is 0 Å². The Bertz CT molecular complexity index is 1170. The molecular formula is C24H21NO6. The normalized spacial score (nSPS) is 15.3. The van der Waals surface area contributed by atoms with Crippen LogP contribution in [0.3, 0.4) is 0 Å². The van der Waals surface area contributed by atoms with Crippen molar-refractivity contribution in [3.05, 3.63) is 77.4 Å². The first-order chi connectivity index (χ1) is 15.0. The topological polar surface area (TPSA) is 93.1 Å². The van der Waals surface area contributed by atoms with Crippen LogP contribution in [0.5, 0.6) is 5.75 Å². The van der Waals surface area contributed by atoms with E-state index < -0.39 is 30.5 Å². The Labute approximate surface area is 178 Å². The molecule has 0 radical (unpaired) electrons. The van der Waals surface area contributed by atoms with Gasteiger partial charge in [-0.3, -0.25) is 4.79 Å². The number of hydrogen-bond donors (Lipinski definition) is 1. The Morgan fingerprint density at radius 3 is 2.35 bits per heavy atom. The Balaban J connectivity index is 1.50. The number of hydrogen-bond acceptors (Lipinski definition) is 6. The van der Waals surface area contributed by atoms with Crippen LogP contribution in [0.2, 0.25) is 0 Å². The smallest absolute Gasteiger partial charge is 0.342 e. The summed E-state index contributed by atoms with van der Waals surface area (Å²) in [6.45, 7) is -0.339. The Morgan fingerprint density at radius 1 is 1.00 bits per heavy atom. The van der Waals surface area contributed by atoms with Gasteiger partial charge in [0, 0.05) is 13.0 Å². The predicted octanol–water partition coefficient (Wildman–Crippen LogP) is 2.83. The van der Waals surface area contributed by atoms with Crippen LogP contribution in [0.25, 0.3) is 10.8 Å². The van der Waals surface area contributed by atoms with Crippen molar-refractivity contribution in [1.29, 1.82) is 0 Å². The third-order valence-corrected chi connectivity index (χ3v) is 5.45. The summed E-state index contributed by atoms with van der Waals surface area (Å²) in [6, 6.07) is 17.0. The van der Waals surface area contributed by atoms with E-state index in [0.29, 0.717) is 6.42 Å². The number of phenolic OH excluding ortho intramolecular Hbond substituents is 1. The second kappa shape index (κ2) is 8.47. The van der Waals surface area contributed by atoms with Crippen molar-refractivity contribution in [2.45, 2.75) is 19.0 Å². The molecule has 0 aromatic heterocycles. The zero-order valence-electron chi connectivity index (χ0n) is 16.9. The van der Waals surface area contributed by atoms with E-state index in [1.165, 1.54) is 24.1 Å². The number of nitrogens with zero attached hydrogens (tertiary/aromatic N) is 1. The fourth-order valence-electron chi connectivity index (χ4n) is 3.81. The maximum atomic E-state index is 12.9. The summed E-state index contributed by atoms with van der Waals surface area (Å²) < 4.78 is 10.0. The monoisotopic (exact) mass is 419 g/mol. The number of methoxy groups -OCH3 is 1. The van der Waals surface area contributed by atoms with Crippen molar-refractivity contribution in [1.82, 2.24) is 4.90 Å². The fraction of sp³-hybridized carbons (Fsp3) is 0.208. The maximum absolute atomic E-state index is 12.9. The molecule has 0 unspecified atom stereocenters. The molecule has 0 bridgehead atoms. The maximum Gasteiger partial charge on any atom is 0.342 e. The molecule has 3 aromatic carbocycles. The van der Waals surface area contributed by atoms with Crippen molar-refractivity contribution in [2.75, 3.05) is 13.7 Å². The van der Waals surface area contributed by atoms with Gasteiger partial charge in [0.05, 0.1) is 7.11 Å². The lowest BCUT2D eigenvalue weighted by atomic mass is 9.94. The first kappa shape index (κ1) is 20.4. The average molecular weight is 419 g/mol. The lowest BCUT2D eigenvalue weighted by Gasteiger charge is -2.35. The summed E-state index contributed by atoms with van der Waals surface area (Å²) in [5.41, 5.74) is 1.87. The summed E-state index contributed by atoms with van der Waals surface area (Å²) in [6.07, 6.45) is 0.327. The van der Waals surface area contributed by atoms with Gasteiger partial charge >= 0.3 is 11.9 Å². The number of esters is 2. The molecule has 0 spiro atoms. The van der Waals surface area contributed by atoms with Gasteiger partial charge in [0.25, 0.3) is 5.91 Å². The van der Waals surface area contributed by atoms with Crippen LogP contribution in [0.4, 0.5) is 0 Å². The fourth-order valence-corrected chi connectivity index (χ4v) is 3.81. The molecule has 0 fully saturated rings. The van der Waals surface area contributed by atoms with Crippen molar-refractivity contribution in [3.8, 4) is 5.75 Å². The minimum Gasteiger partial charge on any atom is -0.507 e. The number of carbonyl (C=O) groups is 3. The van der Waals surface area contributed by atoms with Crippen LogP contribution in [-0.4, -0.2) is 47.6 Å². The van der Waals surface area contributed by atoms with Gasteiger partial charge in [0.1, 0.15) is 17.4 Å². The van der Waals surface area contributed by atoms with Crippen molar-refractivity contribution in [3.63, 3.8) is 0 Å². The molecule has 1 amide bonds. The Kier molecular flexibility index (Phi) is 5.58. The molecule has 1 heterocycles. The summed E-state index contributed by atoms with van der Waals surface area (Å²) >= 11 is 0. The van der Waals surface area contributed by atoms with Crippen molar-refractivity contribution < 1.29 is 29.0 Å². The predicted molar refractivity (Wildman–Crippen MR) is 112 cm³/mol. The third-order valence-electron chi connectivity index (χ3n) is 5.45. The molecule has 1 aliphatic rings. The lowest BCUT2D eigenvalue weighted by Crippen LogP contribution is -2.50. The molecular weight excluding hydrogens is 398 g/mol.